The Morgan fingerprint density at radius 2 is 1.94 bits per heavy atom. The number of amides is 1. The molecule has 1 fully saturated rings. The number of carbonyl (C=O) groups is 1. The van der Waals surface area contributed by atoms with Gasteiger partial charge in [-0.1, -0.05) is 55.5 Å². The maximum atomic E-state index is 13.0. The SMILES string of the molecule is CC[C@@]1(O)CC[C@@]2(Cc3ccccc3)c3ccc(C(=O)Nc4cccnc4C)cc3C=CC2C1. The van der Waals surface area contributed by atoms with Gasteiger partial charge in [0.1, 0.15) is 0 Å². The van der Waals surface area contributed by atoms with Crippen molar-refractivity contribution in [3.05, 3.63) is 101 Å². The lowest BCUT2D eigenvalue weighted by Crippen LogP contribution is -2.49. The summed E-state index contributed by atoms with van der Waals surface area (Å²) in [6.07, 6.45) is 10.3. The molecule has 34 heavy (non-hydrogen) atoms. The van der Waals surface area contributed by atoms with E-state index in [-0.39, 0.29) is 17.2 Å². The van der Waals surface area contributed by atoms with Crippen molar-refractivity contribution in [1.29, 1.82) is 0 Å². The molecule has 1 unspecified atom stereocenters. The first-order valence-corrected chi connectivity index (χ1v) is 12.2. The van der Waals surface area contributed by atoms with E-state index in [0.29, 0.717) is 5.56 Å². The lowest BCUT2D eigenvalue weighted by Gasteiger charge is -2.51. The lowest BCUT2D eigenvalue weighted by atomic mass is 9.54. The van der Waals surface area contributed by atoms with Gasteiger partial charge in [-0.05, 0) is 85.9 Å². The second-order valence-electron chi connectivity index (χ2n) is 9.96. The normalized spacial score (nSPS) is 25.3. The summed E-state index contributed by atoms with van der Waals surface area (Å²) in [6, 6.07) is 20.4. The Balaban J connectivity index is 1.51. The zero-order valence-corrected chi connectivity index (χ0v) is 19.9. The third-order valence-electron chi connectivity index (χ3n) is 7.98. The van der Waals surface area contributed by atoms with Crippen molar-refractivity contribution in [2.24, 2.45) is 5.92 Å². The Kier molecular flexibility index (Phi) is 5.86. The van der Waals surface area contributed by atoms with Crippen molar-refractivity contribution in [3.8, 4) is 0 Å². The summed E-state index contributed by atoms with van der Waals surface area (Å²) in [4.78, 5) is 17.3. The molecule has 1 aromatic heterocycles. The van der Waals surface area contributed by atoms with E-state index in [4.69, 9.17) is 0 Å². The van der Waals surface area contributed by atoms with Crippen LogP contribution in [-0.4, -0.2) is 21.6 Å². The van der Waals surface area contributed by atoms with Gasteiger partial charge < -0.3 is 10.4 Å². The van der Waals surface area contributed by atoms with Crippen molar-refractivity contribution >= 4 is 17.7 Å². The summed E-state index contributed by atoms with van der Waals surface area (Å²) in [6.45, 7) is 3.97. The fraction of sp³-hybridized carbons (Fsp3) is 0.333. The van der Waals surface area contributed by atoms with Crippen molar-refractivity contribution in [2.75, 3.05) is 5.32 Å². The summed E-state index contributed by atoms with van der Waals surface area (Å²) in [7, 11) is 0. The molecule has 3 aromatic rings. The van der Waals surface area contributed by atoms with Crippen molar-refractivity contribution in [1.82, 2.24) is 4.98 Å². The summed E-state index contributed by atoms with van der Waals surface area (Å²) >= 11 is 0. The van der Waals surface area contributed by atoms with Gasteiger partial charge in [-0.25, -0.2) is 0 Å². The molecule has 1 amide bonds. The predicted molar refractivity (Wildman–Crippen MR) is 137 cm³/mol. The number of pyridine rings is 1. The molecule has 4 nitrogen and oxygen atoms in total. The molecule has 0 saturated heterocycles. The van der Waals surface area contributed by atoms with E-state index in [2.05, 4.69) is 65.8 Å². The minimum atomic E-state index is -0.603. The van der Waals surface area contributed by atoms with Gasteiger partial charge in [0.05, 0.1) is 17.0 Å². The Morgan fingerprint density at radius 1 is 1.12 bits per heavy atom. The topological polar surface area (TPSA) is 62.2 Å². The van der Waals surface area contributed by atoms with E-state index in [1.807, 2.05) is 31.2 Å². The number of hydrogen-bond acceptors (Lipinski definition) is 3. The average molecular weight is 453 g/mol. The summed E-state index contributed by atoms with van der Waals surface area (Å²) in [5.41, 5.74) is 5.18. The molecule has 3 atom stereocenters. The Bertz CT molecular complexity index is 1240. The zero-order valence-electron chi connectivity index (χ0n) is 19.9. The van der Waals surface area contributed by atoms with Gasteiger partial charge in [0, 0.05) is 17.2 Å². The van der Waals surface area contributed by atoms with Crippen LogP contribution >= 0.6 is 0 Å². The van der Waals surface area contributed by atoms with E-state index in [9.17, 15) is 9.90 Å². The van der Waals surface area contributed by atoms with E-state index in [1.165, 1.54) is 11.1 Å². The number of aryl methyl sites for hydroxylation is 1. The maximum absolute atomic E-state index is 13.0. The van der Waals surface area contributed by atoms with E-state index in [0.717, 1.165) is 49.0 Å². The fourth-order valence-corrected chi connectivity index (χ4v) is 5.86. The molecule has 174 valence electrons. The number of nitrogens with one attached hydrogen (secondary N) is 1. The molecule has 2 aliphatic rings. The number of benzene rings is 2. The molecule has 5 rings (SSSR count). The van der Waals surface area contributed by atoms with Crippen LogP contribution in [0.1, 0.15) is 65.3 Å². The van der Waals surface area contributed by atoms with Crippen LogP contribution in [0.2, 0.25) is 0 Å². The standard InChI is InChI=1S/C30H32N2O2/c1-3-29(34)15-16-30(19-22-8-5-4-6-9-22)25(20-29)13-11-23-18-24(12-14-26(23)30)28(33)32-27-10-7-17-31-21(27)2/h4-14,17-18,25,34H,3,15-16,19-20H2,1-2H3,(H,32,33)/t25?,29-,30+/m1/s1. The Labute approximate surface area is 201 Å². The van der Waals surface area contributed by atoms with E-state index >= 15 is 0 Å². The van der Waals surface area contributed by atoms with Crippen LogP contribution in [0.5, 0.6) is 0 Å². The quantitative estimate of drug-likeness (QED) is 0.492. The van der Waals surface area contributed by atoms with Gasteiger partial charge in [0.25, 0.3) is 5.91 Å². The highest BCUT2D eigenvalue weighted by Gasteiger charge is 2.49. The number of aromatic nitrogens is 1. The van der Waals surface area contributed by atoms with Crippen molar-refractivity contribution in [3.63, 3.8) is 0 Å². The molecule has 2 N–H and O–H groups in total. The lowest BCUT2D eigenvalue weighted by molar-refractivity contribution is -0.0379. The Morgan fingerprint density at radius 3 is 2.71 bits per heavy atom. The molecule has 4 heteroatoms. The number of nitrogens with zero attached hydrogens (tertiary/aromatic N) is 1. The third-order valence-corrected chi connectivity index (χ3v) is 7.98. The first-order chi connectivity index (χ1) is 16.4. The maximum Gasteiger partial charge on any atom is 0.255 e. The number of carbonyl (C=O) groups excluding carboxylic acids is 1. The van der Waals surface area contributed by atoms with Crippen molar-refractivity contribution in [2.45, 2.75) is 57.0 Å². The summed E-state index contributed by atoms with van der Waals surface area (Å²) in [5, 5.41) is 14.1. The van der Waals surface area contributed by atoms with Crippen LogP contribution < -0.4 is 5.32 Å². The number of fused-ring (bicyclic) bond motifs is 3. The first-order valence-electron chi connectivity index (χ1n) is 12.2. The van der Waals surface area contributed by atoms with E-state index in [1.54, 1.807) is 6.20 Å². The van der Waals surface area contributed by atoms with Crippen LogP contribution in [0.25, 0.3) is 6.08 Å². The number of anilines is 1. The van der Waals surface area contributed by atoms with Crippen LogP contribution in [0, 0.1) is 12.8 Å². The Hall–Kier alpha value is -3.24. The van der Waals surface area contributed by atoms with E-state index < -0.39 is 5.60 Å². The van der Waals surface area contributed by atoms with Crippen molar-refractivity contribution < 1.29 is 9.90 Å². The van der Waals surface area contributed by atoms with Crippen LogP contribution in [0.4, 0.5) is 5.69 Å². The molecule has 0 spiro atoms. The number of rotatable bonds is 5. The first kappa shape index (κ1) is 22.5. The number of allylic oxidation sites excluding steroid dienone is 1. The van der Waals surface area contributed by atoms with Crippen LogP contribution in [0.15, 0.2) is 72.9 Å². The van der Waals surface area contributed by atoms with Gasteiger partial charge in [-0.3, -0.25) is 9.78 Å². The third kappa shape index (κ3) is 4.07. The molecular weight excluding hydrogens is 420 g/mol. The van der Waals surface area contributed by atoms with Crippen LogP contribution in [0.3, 0.4) is 0 Å². The average Bonchev–Trinajstić information content (AvgIpc) is 2.86. The number of aliphatic hydroxyl groups is 1. The molecule has 1 heterocycles. The monoisotopic (exact) mass is 452 g/mol. The molecule has 0 radical (unpaired) electrons. The fourth-order valence-electron chi connectivity index (χ4n) is 5.86. The minimum Gasteiger partial charge on any atom is -0.390 e. The minimum absolute atomic E-state index is 0.0816. The highest BCUT2D eigenvalue weighted by atomic mass is 16.3. The second kappa shape index (κ2) is 8.84. The van der Waals surface area contributed by atoms with Gasteiger partial charge in [-0.2, -0.15) is 0 Å². The largest absolute Gasteiger partial charge is 0.390 e. The molecular formula is C30H32N2O2. The second-order valence-corrected chi connectivity index (χ2v) is 9.96. The molecule has 1 saturated carbocycles. The zero-order chi connectivity index (χ0) is 23.8. The smallest absolute Gasteiger partial charge is 0.255 e. The van der Waals surface area contributed by atoms with Gasteiger partial charge in [0.15, 0.2) is 0 Å². The highest BCUT2D eigenvalue weighted by Crippen LogP contribution is 2.53. The molecule has 0 bridgehead atoms. The van der Waals surface area contributed by atoms with Gasteiger partial charge >= 0.3 is 0 Å². The molecule has 2 aromatic carbocycles. The summed E-state index contributed by atoms with van der Waals surface area (Å²) in [5.74, 6) is 0.132. The predicted octanol–water partition coefficient (Wildman–Crippen LogP) is 6.09. The van der Waals surface area contributed by atoms with Gasteiger partial charge in [0.2, 0.25) is 0 Å². The summed E-state index contributed by atoms with van der Waals surface area (Å²) < 4.78 is 0. The number of hydrogen-bond donors (Lipinski definition) is 2. The highest BCUT2D eigenvalue weighted by molar-refractivity contribution is 6.05. The molecule has 0 aliphatic heterocycles. The van der Waals surface area contributed by atoms with Crippen LogP contribution in [-0.2, 0) is 11.8 Å². The van der Waals surface area contributed by atoms with Gasteiger partial charge in [-0.15, -0.1) is 0 Å². The molecule has 2 aliphatic carbocycles.